The lowest BCUT2D eigenvalue weighted by atomic mass is 10.1. The van der Waals surface area contributed by atoms with Gasteiger partial charge in [-0.2, -0.15) is 0 Å². The van der Waals surface area contributed by atoms with Crippen molar-refractivity contribution in [1.29, 1.82) is 0 Å². The number of aliphatic hydroxyl groups is 1. The van der Waals surface area contributed by atoms with E-state index in [-0.39, 0.29) is 18.0 Å². The Morgan fingerprint density at radius 1 is 1.37 bits per heavy atom. The van der Waals surface area contributed by atoms with Crippen LogP contribution in [0.2, 0.25) is 0 Å². The van der Waals surface area contributed by atoms with Crippen LogP contribution in [0.5, 0.6) is 0 Å². The van der Waals surface area contributed by atoms with Crippen molar-refractivity contribution in [3.63, 3.8) is 0 Å². The highest BCUT2D eigenvalue weighted by atomic mass is 19.1. The molecule has 0 heterocycles. The standard InChI is InChI=1S/C13H17FN2O3/c1-8(16-9(2)17)13(19)15-7-12(18)10-5-3-4-6-11(10)14/h3-6,8,12,18H,7H2,1-2H3,(H,15,19)(H,16,17). The first-order chi connectivity index (χ1) is 8.91. The van der Waals surface area contributed by atoms with Gasteiger partial charge in [-0.05, 0) is 13.0 Å². The highest BCUT2D eigenvalue weighted by molar-refractivity contribution is 5.86. The zero-order chi connectivity index (χ0) is 14.4. The van der Waals surface area contributed by atoms with Crippen molar-refractivity contribution in [2.24, 2.45) is 0 Å². The van der Waals surface area contributed by atoms with Gasteiger partial charge in [0.2, 0.25) is 11.8 Å². The third kappa shape index (κ3) is 4.67. The van der Waals surface area contributed by atoms with Crippen molar-refractivity contribution < 1.29 is 19.1 Å². The number of aliphatic hydroxyl groups excluding tert-OH is 1. The summed E-state index contributed by atoms with van der Waals surface area (Å²) in [6.45, 7) is 2.70. The summed E-state index contributed by atoms with van der Waals surface area (Å²) in [7, 11) is 0. The zero-order valence-corrected chi connectivity index (χ0v) is 10.8. The molecule has 2 unspecified atom stereocenters. The second-order valence-electron chi connectivity index (χ2n) is 4.20. The molecule has 5 nitrogen and oxygen atoms in total. The molecule has 3 N–H and O–H groups in total. The van der Waals surface area contributed by atoms with E-state index in [9.17, 15) is 19.1 Å². The number of hydrogen-bond donors (Lipinski definition) is 3. The molecule has 0 bridgehead atoms. The van der Waals surface area contributed by atoms with Crippen LogP contribution in [-0.2, 0) is 9.59 Å². The van der Waals surface area contributed by atoms with Crippen LogP contribution in [0.4, 0.5) is 4.39 Å². The Morgan fingerprint density at radius 2 is 2.00 bits per heavy atom. The lowest BCUT2D eigenvalue weighted by Crippen LogP contribution is -2.45. The fourth-order valence-electron chi connectivity index (χ4n) is 1.58. The maximum atomic E-state index is 13.4. The van der Waals surface area contributed by atoms with Gasteiger partial charge in [-0.15, -0.1) is 0 Å². The van der Waals surface area contributed by atoms with Crippen molar-refractivity contribution in [2.75, 3.05) is 6.54 Å². The van der Waals surface area contributed by atoms with Gasteiger partial charge in [0.25, 0.3) is 0 Å². The Kier molecular flexibility index (Phi) is 5.44. The Hall–Kier alpha value is -1.95. The number of benzene rings is 1. The summed E-state index contributed by atoms with van der Waals surface area (Å²) in [5.74, 6) is -1.29. The molecule has 0 aliphatic carbocycles. The highest BCUT2D eigenvalue weighted by Crippen LogP contribution is 2.15. The number of rotatable bonds is 5. The van der Waals surface area contributed by atoms with Crippen LogP contribution in [0.3, 0.4) is 0 Å². The molecule has 104 valence electrons. The third-order valence-corrected chi connectivity index (χ3v) is 2.55. The molecule has 1 aromatic carbocycles. The van der Waals surface area contributed by atoms with Crippen molar-refractivity contribution in [2.45, 2.75) is 26.0 Å². The molecule has 0 radical (unpaired) electrons. The van der Waals surface area contributed by atoms with Gasteiger partial charge in [0.1, 0.15) is 11.9 Å². The molecule has 1 aromatic rings. The molecule has 0 aliphatic heterocycles. The smallest absolute Gasteiger partial charge is 0.242 e. The number of hydrogen-bond acceptors (Lipinski definition) is 3. The molecule has 0 aliphatic rings. The number of nitrogens with one attached hydrogen (secondary N) is 2. The largest absolute Gasteiger partial charge is 0.386 e. The van der Waals surface area contributed by atoms with Gasteiger partial charge in [-0.25, -0.2) is 4.39 Å². The monoisotopic (exact) mass is 268 g/mol. The minimum atomic E-state index is -1.13. The van der Waals surface area contributed by atoms with E-state index in [1.165, 1.54) is 32.0 Å². The van der Waals surface area contributed by atoms with Crippen LogP contribution in [0.1, 0.15) is 25.5 Å². The zero-order valence-electron chi connectivity index (χ0n) is 10.8. The highest BCUT2D eigenvalue weighted by Gasteiger charge is 2.17. The number of carbonyl (C=O) groups excluding carboxylic acids is 2. The summed E-state index contributed by atoms with van der Waals surface area (Å²) in [5, 5.41) is 14.6. The molecule has 2 atom stereocenters. The van der Waals surface area contributed by atoms with Crippen molar-refractivity contribution in [1.82, 2.24) is 10.6 Å². The molecule has 1 rings (SSSR count). The quantitative estimate of drug-likeness (QED) is 0.727. The Labute approximate surface area is 110 Å². The van der Waals surface area contributed by atoms with Crippen LogP contribution in [0.25, 0.3) is 0 Å². The first kappa shape index (κ1) is 15.1. The van der Waals surface area contributed by atoms with E-state index in [2.05, 4.69) is 10.6 Å². The molecule has 0 fully saturated rings. The molecule has 0 saturated carbocycles. The molecular formula is C13H17FN2O3. The third-order valence-electron chi connectivity index (χ3n) is 2.55. The predicted octanol–water partition coefficient (Wildman–Crippen LogP) is 0.500. The van der Waals surface area contributed by atoms with Crippen LogP contribution in [-0.4, -0.2) is 29.5 Å². The van der Waals surface area contributed by atoms with Gasteiger partial charge in [0.15, 0.2) is 0 Å². The SMILES string of the molecule is CC(=O)NC(C)C(=O)NCC(O)c1ccccc1F. The van der Waals surface area contributed by atoms with E-state index in [4.69, 9.17) is 0 Å². The topological polar surface area (TPSA) is 78.4 Å². The number of halogens is 1. The molecule has 0 aromatic heterocycles. The minimum absolute atomic E-state index is 0.120. The van der Waals surface area contributed by atoms with E-state index in [1.54, 1.807) is 6.07 Å². The summed E-state index contributed by atoms with van der Waals surface area (Å²) in [6.07, 6.45) is -1.13. The van der Waals surface area contributed by atoms with Crippen LogP contribution in [0, 0.1) is 5.82 Å². The van der Waals surface area contributed by atoms with E-state index in [0.29, 0.717) is 0 Å². The van der Waals surface area contributed by atoms with Crippen molar-refractivity contribution in [3.05, 3.63) is 35.6 Å². The van der Waals surface area contributed by atoms with Crippen LogP contribution >= 0.6 is 0 Å². The number of carbonyl (C=O) groups is 2. The maximum Gasteiger partial charge on any atom is 0.242 e. The molecule has 0 spiro atoms. The molecule has 0 saturated heterocycles. The summed E-state index contributed by atoms with van der Waals surface area (Å²) in [6, 6.07) is 5.10. The first-order valence-corrected chi connectivity index (χ1v) is 5.89. The van der Waals surface area contributed by atoms with Gasteiger partial charge >= 0.3 is 0 Å². The van der Waals surface area contributed by atoms with E-state index in [1.807, 2.05) is 0 Å². The summed E-state index contributed by atoms with van der Waals surface area (Å²) in [5.41, 5.74) is 0.120. The predicted molar refractivity (Wildman–Crippen MR) is 67.6 cm³/mol. The van der Waals surface area contributed by atoms with Gasteiger partial charge < -0.3 is 15.7 Å². The van der Waals surface area contributed by atoms with Crippen LogP contribution < -0.4 is 10.6 Å². The van der Waals surface area contributed by atoms with Gasteiger partial charge in [0, 0.05) is 19.0 Å². The van der Waals surface area contributed by atoms with Crippen LogP contribution in [0.15, 0.2) is 24.3 Å². The average molecular weight is 268 g/mol. The summed E-state index contributed by atoms with van der Waals surface area (Å²) in [4.78, 5) is 22.3. The number of amides is 2. The molecule has 19 heavy (non-hydrogen) atoms. The Balaban J connectivity index is 2.51. The second kappa shape index (κ2) is 6.84. The summed E-state index contributed by atoms with van der Waals surface area (Å²) >= 11 is 0. The molecule has 2 amide bonds. The Morgan fingerprint density at radius 3 is 2.58 bits per heavy atom. The van der Waals surface area contributed by atoms with Crippen molar-refractivity contribution >= 4 is 11.8 Å². The van der Waals surface area contributed by atoms with Gasteiger partial charge in [-0.3, -0.25) is 9.59 Å². The maximum absolute atomic E-state index is 13.4. The van der Waals surface area contributed by atoms with Gasteiger partial charge in [-0.1, -0.05) is 18.2 Å². The molecular weight excluding hydrogens is 251 g/mol. The van der Waals surface area contributed by atoms with Gasteiger partial charge in [0.05, 0.1) is 6.10 Å². The summed E-state index contributed by atoms with van der Waals surface area (Å²) < 4.78 is 13.4. The first-order valence-electron chi connectivity index (χ1n) is 5.89. The lowest BCUT2D eigenvalue weighted by Gasteiger charge is -2.16. The normalized spacial score (nSPS) is 13.5. The second-order valence-corrected chi connectivity index (χ2v) is 4.20. The Bertz CT molecular complexity index is 465. The fourth-order valence-corrected chi connectivity index (χ4v) is 1.58. The molecule has 6 heteroatoms. The van der Waals surface area contributed by atoms with E-state index >= 15 is 0 Å². The fraction of sp³-hybridized carbons (Fsp3) is 0.385. The minimum Gasteiger partial charge on any atom is -0.386 e. The average Bonchev–Trinajstić information content (AvgIpc) is 2.35. The van der Waals surface area contributed by atoms with Crippen molar-refractivity contribution in [3.8, 4) is 0 Å². The van der Waals surface area contributed by atoms with E-state index in [0.717, 1.165) is 0 Å². The lowest BCUT2D eigenvalue weighted by molar-refractivity contribution is -0.127. The van der Waals surface area contributed by atoms with E-state index < -0.39 is 23.9 Å².